The number of imidazole rings is 1. The van der Waals surface area contributed by atoms with E-state index in [2.05, 4.69) is 19.3 Å². The van der Waals surface area contributed by atoms with Crippen molar-refractivity contribution in [2.45, 2.75) is 62.9 Å². The molecule has 1 aliphatic carbocycles. The second-order valence-corrected chi connectivity index (χ2v) is 10.8. The zero-order chi connectivity index (χ0) is 25.1. The number of nitrogens with two attached hydrogens (primary N) is 1. The van der Waals surface area contributed by atoms with Crippen molar-refractivity contribution in [1.82, 2.24) is 19.3 Å². The smallest absolute Gasteiger partial charge is 0.290 e. The lowest BCUT2D eigenvalue weighted by atomic mass is 10.1. The van der Waals surface area contributed by atoms with E-state index in [1.165, 1.54) is 20.0 Å². The van der Waals surface area contributed by atoms with Gasteiger partial charge in [-0.3, -0.25) is 4.79 Å². The van der Waals surface area contributed by atoms with Crippen LogP contribution in [0.4, 0.5) is 5.95 Å². The average molecular weight is 490 g/mol. The average Bonchev–Trinajstić information content (AvgIpc) is 3.38. The number of methoxy groups -OCH3 is 1. The number of pyridine rings is 1. The first kappa shape index (κ1) is 25.4. The summed E-state index contributed by atoms with van der Waals surface area (Å²) in [5, 5.41) is 6.89. The van der Waals surface area contributed by atoms with Gasteiger partial charge >= 0.3 is 0 Å². The van der Waals surface area contributed by atoms with Gasteiger partial charge in [0.25, 0.3) is 6.47 Å². The SMILES string of the molecule is COc1ncc(-c2ccc3nc(N)n(C4CCCC4)c3c2)cc1S(=O)(=O)NC(C)(C)C.O=CO. The minimum Gasteiger partial charge on any atom is -0.483 e. The second kappa shape index (κ2) is 9.98. The van der Waals surface area contributed by atoms with E-state index < -0.39 is 15.6 Å². The van der Waals surface area contributed by atoms with Crippen LogP contribution in [0, 0.1) is 0 Å². The molecular formula is C23H31N5O5S. The number of carbonyl (C=O) groups is 1. The molecule has 2 heterocycles. The van der Waals surface area contributed by atoms with Crippen LogP contribution in [0.5, 0.6) is 5.88 Å². The minimum absolute atomic E-state index is 0.00587. The number of aromatic nitrogens is 3. The first-order chi connectivity index (χ1) is 16.0. The summed E-state index contributed by atoms with van der Waals surface area (Å²) in [6.07, 6.45) is 6.17. The highest BCUT2D eigenvalue weighted by Gasteiger charge is 2.27. The van der Waals surface area contributed by atoms with E-state index in [0.717, 1.165) is 29.4 Å². The Morgan fingerprint density at radius 2 is 1.85 bits per heavy atom. The number of anilines is 1. The molecule has 0 unspecified atom stereocenters. The van der Waals surface area contributed by atoms with Crippen LogP contribution in [0.2, 0.25) is 0 Å². The fourth-order valence-corrected chi connectivity index (χ4v) is 5.80. The van der Waals surface area contributed by atoms with E-state index in [1.807, 2.05) is 18.2 Å². The molecule has 3 aromatic rings. The summed E-state index contributed by atoms with van der Waals surface area (Å²) in [4.78, 5) is 17.1. The minimum atomic E-state index is -3.83. The lowest BCUT2D eigenvalue weighted by Gasteiger charge is -2.21. The lowest BCUT2D eigenvalue weighted by Crippen LogP contribution is -2.40. The standard InChI is InChI=1S/C22H29N5O3S.CH2O2/c1-22(2,3)26-31(28,29)19-12-15(13-24-20(19)30-4)14-9-10-17-18(11-14)27(21(23)25-17)16-7-5-6-8-16;2-1-3/h9-13,16,26H,5-8H2,1-4H3,(H2,23,25);1H,(H,2,3). The number of hydrogen-bond donors (Lipinski definition) is 3. The molecule has 11 heteroatoms. The maximum absolute atomic E-state index is 13.0. The molecule has 10 nitrogen and oxygen atoms in total. The topological polar surface area (TPSA) is 149 Å². The van der Waals surface area contributed by atoms with Crippen LogP contribution in [-0.4, -0.2) is 47.2 Å². The van der Waals surface area contributed by atoms with Crippen molar-refractivity contribution in [3.63, 3.8) is 0 Å². The van der Waals surface area contributed by atoms with Gasteiger partial charge in [0.15, 0.2) is 0 Å². The Hall–Kier alpha value is -3.18. The summed E-state index contributed by atoms with van der Waals surface area (Å²) >= 11 is 0. The summed E-state index contributed by atoms with van der Waals surface area (Å²) in [6, 6.07) is 7.78. The number of sulfonamides is 1. The molecule has 0 atom stereocenters. The zero-order valence-corrected chi connectivity index (χ0v) is 20.6. The van der Waals surface area contributed by atoms with E-state index >= 15 is 0 Å². The molecule has 1 aliphatic rings. The Labute approximate surface area is 199 Å². The van der Waals surface area contributed by atoms with Gasteiger partial charge in [0, 0.05) is 23.3 Å². The highest BCUT2D eigenvalue weighted by molar-refractivity contribution is 7.89. The first-order valence-electron chi connectivity index (χ1n) is 10.9. The van der Waals surface area contributed by atoms with Crippen molar-refractivity contribution in [3.8, 4) is 17.0 Å². The molecule has 4 rings (SSSR count). The van der Waals surface area contributed by atoms with Crippen LogP contribution >= 0.6 is 0 Å². The fourth-order valence-electron chi connectivity index (χ4n) is 4.23. The van der Waals surface area contributed by atoms with Crippen LogP contribution in [0.25, 0.3) is 22.2 Å². The quantitative estimate of drug-likeness (QED) is 0.460. The van der Waals surface area contributed by atoms with Crippen LogP contribution < -0.4 is 15.2 Å². The van der Waals surface area contributed by atoms with E-state index in [0.29, 0.717) is 17.6 Å². The van der Waals surface area contributed by atoms with E-state index in [4.69, 9.17) is 20.4 Å². The summed E-state index contributed by atoms with van der Waals surface area (Å²) in [5.74, 6) is 0.575. The Morgan fingerprint density at radius 3 is 2.44 bits per heavy atom. The van der Waals surface area contributed by atoms with Gasteiger partial charge in [-0.25, -0.2) is 23.1 Å². The summed E-state index contributed by atoms with van der Waals surface area (Å²) in [5.41, 5.74) is 8.90. The van der Waals surface area contributed by atoms with Crippen LogP contribution in [0.1, 0.15) is 52.5 Å². The Morgan fingerprint density at radius 1 is 1.21 bits per heavy atom. The Kier molecular flexibility index (Phi) is 7.47. The van der Waals surface area contributed by atoms with Gasteiger partial charge in [-0.15, -0.1) is 0 Å². The number of rotatable bonds is 5. The summed E-state index contributed by atoms with van der Waals surface area (Å²) in [7, 11) is -2.42. The number of fused-ring (bicyclic) bond motifs is 1. The maximum atomic E-state index is 13.0. The third-order valence-corrected chi connectivity index (χ3v) is 7.23. The van der Waals surface area contributed by atoms with E-state index in [9.17, 15) is 8.42 Å². The molecule has 184 valence electrons. The van der Waals surface area contributed by atoms with Gasteiger partial charge in [0.2, 0.25) is 21.9 Å². The number of hydrogen-bond acceptors (Lipinski definition) is 7. The van der Waals surface area contributed by atoms with Gasteiger partial charge < -0.3 is 20.1 Å². The molecule has 4 N–H and O–H groups in total. The molecular weight excluding hydrogens is 458 g/mol. The fraction of sp³-hybridized carbons (Fsp3) is 0.435. The highest BCUT2D eigenvalue weighted by atomic mass is 32.2. The molecule has 2 aromatic heterocycles. The summed E-state index contributed by atoms with van der Waals surface area (Å²) in [6.45, 7) is 5.12. The molecule has 0 radical (unpaired) electrons. The number of ether oxygens (including phenoxy) is 1. The number of benzene rings is 1. The second-order valence-electron chi connectivity index (χ2n) is 9.17. The molecule has 1 aromatic carbocycles. The van der Waals surface area contributed by atoms with Crippen molar-refractivity contribution in [3.05, 3.63) is 30.5 Å². The molecule has 0 spiro atoms. The van der Waals surface area contributed by atoms with Gasteiger partial charge in [-0.2, -0.15) is 0 Å². The Bertz CT molecular complexity index is 1270. The van der Waals surface area contributed by atoms with Crippen molar-refractivity contribution in [2.24, 2.45) is 0 Å². The number of nitrogen functional groups attached to an aromatic ring is 1. The van der Waals surface area contributed by atoms with Crippen LogP contribution in [0.15, 0.2) is 35.4 Å². The molecule has 1 fully saturated rings. The third-order valence-electron chi connectivity index (χ3n) is 5.48. The molecule has 34 heavy (non-hydrogen) atoms. The van der Waals surface area contributed by atoms with Gasteiger partial charge in [0.05, 0.1) is 18.1 Å². The highest BCUT2D eigenvalue weighted by Crippen LogP contribution is 2.36. The summed E-state index contributed by atoms with van der Waals surface area (Å²) < 4.78 is 36.0. The molecule has 0 saturated heterocycles. The zero-order valence-electron chi connectivity index (χ0n) is 19.8. The van der Waals surface area contributed by atoms with Gasteiger partial charge in [0.1, 0.15) is 4.90 Å². The van der Waals surface area contributed by atoms with Crippen molar-refractivity contribution >= 4 is 33.5 Å². The Balaban J connectivity index is 0.00000103. The third kappa shape index (κ3) is 5.48. The number of carboxylic acid groups (broad SMARTS) is 1. The lowest BCUT2D eigenvalue weighted by molar-refractivity contribution is -0.122. The molecule has 0 amide bonds. The molecule has 1 saturated carbocycles. The van der Waals surface area contributed by atoms with Gasteiger partial charge in [-0.1, -0.05) is 18.9 Å². The number of nitrogens with zero attached hydrogens (tertiary/aromatic N) is 3. The predicted octanol–water partition coefficient (Wildman–Crippen LogP) is 3.58. The largest absolute Gasteiger partial charge is 0.483 e. The van der Waals surface area contributed by atoms with E-state index in [1.54, 1.807) is 33.0 Å². The van der Waals surface area contributed by atoms with Crippen molar-refractivity contribution < 1.29 is 23.1 Å². The van der Waals surface area contributed by atoms with Crippen LogP contribution in [0.3, 0.4) is 0 Å². The molecule has 0 aliphatic heterocycles. The van der Waals surface area contributed by atoms with E-state index in [-0.39, 0.29) is 17.2 Å². The first-order valence-corrected chi connectivity index (χ1v) is 12.4. The van der Waals surface area contributed by atoms with Crippen molar-refractivity contribution in [2.75, 3.05) is 12.8 Å². The molecule has 0 bridgehead atoms. The number of nitrogens with one attached hydrogen (secondary N) is 1. The van der Waals surface area contributed by atoms with Crippen LogP contribution in [-0.2, 0) is 14.8 Å². The predicted molar refractivity (Wildman–Crippen MR) is 130 cm³/mol. The van der Waals surface area contributed by atoms with Gasteiger partial charge in [-0.05, 0) is 57.4 Å². The van der Waals surface area contributed by atoms with Crippen molar-refractivity contribution in [1.29, 1.82) is 0 Å². The normalized spacial score (nSPS) is 14.6. The maximum Gasteiger partial charge on any atom is 0.290 e. The monoisotopic (exact) mass is 489 g/mol.